The summed E-state index contributed by atoms with van der Waals surface area (Å²) in [4.78, 5) is 30.8. The Labute approximate surface area is 241 Å². The first-order valence-electron chi connectivity index (χ1n) is 12.4. The van der Waals surface area contributed by atoms with Gasteiger partial charge in [-0.3, -0.25) is 14.3 Å². The number of hydrogen-bond acceptors (Lipinski definition) is 6. The zero-order valence-corrected chi connectivity index (χ0v) is 23.9. The first-order chi connectivity index (χ1) is 19.4. The number of fused-ring (bicyclic) bond motifs is 1. The lowest BCUT2D eigenvalue weighted by molar-refractivity contribution is -0.118. The Morgan fingerprint density at radius 3 is 2.62 bits per heavy atom. The zero-order valence-electron chi connectivity index (χ0n) is 21.5. The SMILES string of the molecule is Cc1c(N=c2scc(-c3ccc4c(c3)NC(=O)CO4)n2N=Cc2ccccc2Br)c(=O)n(-c2ccccc2)n1C. The Kier molecular flexibility index (Phi) is 6.82. The van der Waals surface area contributed by atoms with Crippen LogP contribution in [-0.4, -0.2) is 32.8 Å². The highest BCUT2D eigenvalue weighted by Gasteiger charge is 2.19. The highest BCUT2D eigenvalue weighted by atomic mass is 79.9. The van der Waals surface area contributed by atoms with Crippen LogP contribution < -0.4 is 20.4 Å². The molecule has 1 aliphatic heterocycles. The predicted octanol–water partition coefficient (Wildman–Crippen LogP) is 5.22. The van der Waals surface area contributed by atoms with E-state index in [0.717, 1.165) is 32.7 Å². The average Bonchev–Trinajstić information content (AvgIpc) is 3.46. The van der Waals surface area contributed by atoms with E-state index in [4.69, 9.17) is 14.8 Å². The van der Waals surface area contributed by atoms with Crippen molar-refractivity contribution < 1.29 is 9.53 Å². The summed E-state index contributed by atoms with van der Waals surface area (Å²) in [6, 6.07) is 22.8. The molecule has 3 heterocycles. The van der Waals surface area contributed by atoms with Gasteiger partial charge in [0.1, 0.15) is 5.75 Å². The molecule has 0 atom stereocenters. The van der Waals surface area contributed by atoms with Crippen LogP contribution in [0.5, 0.6) is 5.75 Å². The van der Waals surface area contributed by atoms with Gasteiger partial charge >= 0.3 is 0 Å². The smallest absolute Gasteiger partial charge is 0.297 e. The summed E-state index contributed by atoms with van der Waals surface area (Å²) in [7, 11) is 1.84. The number of halogens is 1. The Balaban J connectivity index is 1.53. The Hall–Kier alpha value is -4.48. The summed E-state index contributed by atoms with van der Waals surface area (Å²) in [6.45, 7) is 1.86. The fourth-order valence-corrected chi connectivity index (χ4v) is 5.64. The molecule has 1 aliphatic rings. The maximum atomic E-state index is 13.6. The van der Waals surface area contributed by atoms with E-state index in [9.17, 15) is 9.59 Å². The second-order valence-electron chi connectivity index (χ2n) is 9.05. The van der Waals surface area contributed by atoms with Gasteiger partial charge in [-0.05, 0) is 43.3 Å². The monoisotopic (exact) mass is 614 g/mol. The molecule has 2 aromatic heterocycles. The van der Waals surface area contributed by atoms with Gasteiger partial charge in [0.15, 0.2) is 12.3 Å². The predicted molar refractivity (Wildman–Crippen MR) is 160 cm³/mol. The molecular formula is C29H23BrN6O3S. The maximum absolute atomic E-state index is 13.6. The summed E-state index contributed by atoms with van der Waals surface area (Å²) in [5.74, 6) is 0.396. The lowest BCUT2D eigenvalue weighted by Crippen LogP contribution is -2.25. The number of anilines is 1. The number of nitrogens with one attached hydrogen (secondary N) is 1. The fourth-order valence-electron chi connectivity index (χ4n) is 4.41. The van der Waals surface area contributed by atoms with Crippen LogP contribution in [0.4, 0.5) is 11.4 Å². The number of hydrogen-bond donors (Lipinski definition) is 1. The molecular weight excluding hydrogens is 592 g/mol. The number of nitrogens with zero attached hydrogens (tertiary/aromatic N) is 5. The third-order valence-electron chi connectivity index (χ3n) is 6.54. The van der Waals surface area contributed by atoms with Crippen molar-refractivity contribution in [3.05, 3.63) is 109 Å². The maximum Gasteiger partial charge on any atom is 0.297 e. The van der Waals surface area contributed by atoms with Crippen molar-refractivity contribution in [1.82, 2.24) is 14.0 Å². The van der Waals surface area contributed by atoms with Crippen molar-refractivity contribution in [2.75, 3.05) is 11.9 Å². The molecule has 9 nitrogen and oxygen atoms in total. The van der Waals surface area contributed by atoms with E-state index in [2.05, 4.69) is 21.2 Å². The van der Waals surface area contributed by atoms with Gasteiger partial charge in [0.25, 0.3) is 11.5 Å². The largest absolute Gasteiger partial charge is 0.482 e. The summed E-state index contributed by atoms with van der Waals surface area (Å²) in [6.07, 6.45) is 1.74. The van der Waals surface area contributed by atoms with Gasteiger partial charge in [0.2, 0.25) is 4.80 Å². The quantitative estimate of drug-likeness (QED) is 0.275. The number of benzene rings is 3. The number of carbonyl (C=O) groups is 1. The van der Waals surface area contributed by atoms with E-state index in [1.807, 2.05) is 92.1 Å². The summed E-state index contributed by atoms with van der Waals surface area (Å²) >= 11 is 4.94. The van der Waals surface area contributed by atoms with E-state index in [0.29, 0.717) is 21.9 Å². The van der Waals surface area contributed by atoms with Crippen molar-refractivity contribution in [3.63, 3.8) is 0 Å². The van der Waals surface area contributed by atoms with E-state index in [1.165, 1.54) is 11.3 Å². The number of para-hydroxylation sites is 1. The number of rotatable bonds is 5. The molecule has 0 saturated heterocycles. The van der Waals surface area contributed by atoms with Crippen LogP contribution in [0.3, 0.4) is 0 Å². The van der Waals surface area contributed by atoms with Crippen LogP contribution in [0.15, 0.2) is 97.5 Å². The molecule has 11 heteroatoms. The highest BCUT2D eigenvalue weighted by molar-refractivity contribution is 9.10. The number of amides is 1. The lowest BCUT2D eigenvalue weighted by Gasteiger charge is -2.18. The number of carbonyl (C=O) groups excluding carboxylic acids is 1. The van der Waals surface area contributed by atoms with Crippen LogP contribution >= 0.6 is 27.3 Å². The fraction of sp³-hybridized carbons (Fsp3) is 0.103. The van der Waals surface area contributed by atoms with Gasteiger partial charge in [-0.2, -0.15) is 5.10 Å². The molecule has 6 rings (SSSR count). The highest BCUT2D eigenvalue weighted by Crippen LogP contribution is 2.33. The van der Waals surface area contributed by atoms with Crippen LogP contribution in [0.2, 0.25) is 0 Å². The molecule has 3 aromatic carbocycles. The van der Waals surface area contributed by atoms with E-state index in [1.54, 1.807) is 20.3 Å². The van der Waals surface area contributed by atoms with E-state index >= 15 is 0 Å². The molecule has 0 fully saturated rings. The van der Waals surface area contributed by atoms with E-state index in [-0.39, 0.29) is 18.1 Å². The van der Waals surface area contributed by atoms with Crippen molar-refractivity contribution in [2.45, 2.75) is 6.92 Å². The molecule has 0 bridgehead atoms. The first kappa shape index (κ1) is 25.8. The summed E-state index contributed by atoms with van der Waals surface area (Å²) in [5, 5.41) is 9.57. The third kappa shape index (κ3) is 4.74. The van der Waals surface area contributed by atoms with E-state index < -0.39 is 0 Å². The second-order valence-corrected chi connectivity index (χ2v) is 10.7. The topological polar surface area (TPSA) is 94.9 Å². The van der Waals surface area contributed by atoms with Crippen molar-refractivity contribution >= 4 is 50.8 Å². The molecule has 0 aliphatic carbocycles. The Bertz CT molecular complexity index is 1920. The molecule has 1 N–H and O–H groups in total. The minimum Gasteiger partial charge on any atom is -0.482 e. The van der Waals surface area contributed by atoms with Crippen molar-refractivity contribution in [3.8, 4) is 22.7 Å². The van der Waals surface area contributed by atoms with Gasteiger partial charge in [-0.1, -0.05) is 52.3 Å². The molecule has 0 spiro atoms. The number of ether oxygens (including phenoxy) is 1. The Morgan fingerprint density at radius 2 is 1.82 bits per heavy atom. The van der Waals surface area contributed by atoms with Gasteiger partial charge in [-0.25, -0.2) is 14.4 Å². The molecule has 0 radical (unpaired) electrons. The normalized spacial score (nSPS) is 13.4. The summed E-state index contributed by atoms with van der Waals surface area (Å²) < 4.78 is 11.5. The van der Waals surface area contributed by atoms with Gasteiger partial charge in [0, 0.05) is 28.0 Å². The first-order valence-corrected chi connectivity index (χ1v) is 14.0. The van der Waals surface area contributed by atoms with Crippen LogP contribution in [-0.2, 0) is 11.8 Å². The van der Waals surface area contributed by atoms with Crippen LogP contribution in [0.1, 0.15) is 11.3 Å². The number of aromatic nitrogens is 3. The minimum absolute atomic E-state index is 0.0129. The lowest BCUT2D eigenvalue weighted by atomic mass is 10.1. The van der Waals surface area contributed by atoms with Gasteiger partial charge in [0.05, 0.1) is 29.0 Å². The number of thiazole rings is 1. The molecule has 40 heavy (non-hydrogen) atoms. The molecule has 1 amide bonds. The Morgan fingerprint density at radius 1 is 1.05 bits per heavy atom. The van der Waals surface area contributed by atoms with Crippen LogP contribution in [0.25, 0.3) is 16.9 Å². The van der Waals surface area contributed by atoms with Crippen molar-refractivity contribution in [2.24, 2.45) is 17.1 Å². The summed E-state index contributed by atoms with van der Waals surface area (Å²) in [5.41, 5.74) is 4.59. The standard InChI is InChI=1S/C29H23BrN6O3S/c1-18-27(28(38)36(34(18)2)21-9-4-3-5-10-21)33-29-35(31-15-20-8-6-7-11-22(20)30)24(17-40-29)19-12-13-25-23(14-19)32-26(37)16-39-25/h3-15,17H,16H2,1-2H3,(H,32,37). The molecule has 0 unspecified atom stereocenters. The third-order valence-corrected chi connectivity index (χ3v) is 8.08. The van der Waals surface area contributed by atoms with Crippen molar-refractivity contribution in [1.29, 1.82) is 0 Å². The van der Waals surface area contributed by atoms with Gasteiger partial charge in [-0.15, -0.1) is 11.3 Å². The van der Waals surface area contributed by atoms with Crippen LogP contribution in [0, 0.1) is 6.92 Å². The zero-order chi connectivity index (χ0) is 27.8. The molecule has 200 valence electrons. The molecule has 5 aromatic rings. The minimum atomic E-state index is -0.226. The molecule has 0 saturated carbocycles. The average molecular weight is 616 g/mol. The van der Waals surface area contributed by atoms with Gasteiger partial charge < -0.3 is 10.1 Å². The second kappa shape index (κ2) is 10.6.